The average Bonchev–Trinajstić information content (AvgIpc) is 2.52. The lowest BCUT2D eigenvalue weighted by Crippen LogP contribution is -2.51. The Morgan fingerprint density at radius 1 is 1.11 bits per heavy atom. The summed E-state index contributed by atoms with van der Waals surface area (Å²) in [4.78, 5) is 13.0. The predicted molar refractivity (Wildman–Crippen MR) is 112 cm³/mol. The van der Waals surface area contributed by atoms with Gasteiger partial charge in [-0.05, 0) is 37.5 Å². The highest BCUT2D eigenvalue weighted by molar-refractivity contribution is 7.92. The Morgan fingerprint density at radius 2 is 1.63 bits per heavy atom. The Morgan fingerprint density at radius 3 is 2.11 bits per heavy atom. The largest absolute Gasteiger partial charge is 0.352 e. The molecule has 1 aromatic rings. The third kappa shape index (κ3) is 6.54. The number of carbonyl (C=O) groups excluding carboxylic acids is 1. The molecule has 1 N–H and O–H groups in total. The molecule has 1 atom stereocenters. The second-order valence-corrected chi connectivity index (χ2v) is 9.89. The van der Waals surface area contributed by atoms with Crippen LogP contribution in [0.2, 0.25) is 10.0 Å². The van der Waals surface area contributed by atoms with Gasteiger partial charge >= 0.3 is 0 Å². The van der Waals surface area contributed by atoms with Crippen molar-refractivity contribution >= 4 is 44.8 Å². The summed E-state index contributed by atoms with van der Waals surface area (Å²) >= 11 is 12.1. The van der Waals surface area contributed by atoms with Crippen LogP contribution in [-0.4, -0.2) is 32.7 Å². The van der Waals surface area contributed by atoms with Crippen molar-refractivity contribution in [1.29, 1.82) is 0 Å². The van der Waals surface area contributed by atoms with E-state index >= 15 is 0 Å². The summed E-state index contributed by atoms with van der Waals surface area (Å²) in [5.74, 6) is -0.274. The zero-order valence-corrected chi connectivity index (χ0v) is 18.2. The normalized spacial score (nSPS) is 17.6. The minimum Gasteiger partial charge on any atom is -0.352 e. The van der Waals surface area contributed by atoms with Gasteiger partial charge in [0.15, 0.2) is 0 Å². The van der Waals surface area contributed by atoms with E-state index in [-0.39, 0.29) is 11.9 Å². The van der Waals surface area contributed by atoms with Crippen LogP contribution in [-0.2, 0) is 14.8 Å². The fourth-order valence-electron chi connectivity index (χ4n) is 3.62. The van der Waals surface area contributed by atoms with E-state index < -0.39 is 16.1 Å². The molecule has 1 fully saturated rings. The highest BCUT2D eigenvalue weighted by Gasteiger charge is 2.32. The first-order valence-electron chi connectivity index (χ1n) is 9.48. The third-order valence-corrected chi connectivity index (χ3v) is 6.50. The fraction of sp³-hybridized carbons (Fsp3) is 0.632. The predicted octanol–water partition coefficient (Wildman–Crippen LogP) is 4.77. The highest BCUT2D eigenvalue weighted by atomic mass is 35.5. The van der Waals surface area contributed by atoms with Crippen molar-refractivity contribution in [2.45, 2.75) is 70.4 Å². The Labute approximate surface area is 172 Å². The van der Waals surface area contributed by atoms with Gasteiger partial charge in [-0.1, -0.05) is 62.2 Å². The molecule has 27 heavy (non-hydrogen) atoms. The number of hydrogen-bond acceptors (Lipinski definition) is 3. The van der Waals surface area contributed by atoms with Crippen molar-refractivity contribution < 1.29 is 13.2 Å². The number of benzene rings is 1. The molecule has 5 nitrogen and oxygen atoms in total. The molecule has 0 heterocycles. The molecule has 1 aromatic carbocycles. The number of nitrogens with one attached hydrogen (secondary N) is 1. The maximum Gasteiger partial charge on any atom is 0.244 e. The van der Waals surface area contributed by atoms with Crippen molar-refractivity contribution in [3.63, 3.8) is 0 Å². The number of nitrogens with zero attached hydrogens (tertiary/aromatic N) is 1. The van der Waals surface area contributed by atoms with Crippen molar-refractivity contribution in [1.82, 2.24) is 5.32 Å². The SMILES string of the molecule is CC[C@@H](C(=O)NC1CCCCCCC1)N(c1cc(Cl)cc(Cl)c1)S(C)(=O)=O. The standard InChI is InChI=1S/C19H28Cl2N2O3S/c1-3-18(19(24)22-16-9-7-5-4-6-8-10-16)23(27(2,25)26)17-12-14(20)11-15(21)13-17/h11-13,16,18H,3-10H2,1-2H3,(H,22,24)/t18-/m0/s1. The maximum absolute atomic E-state index is 13.0. The zero-order valence-electron chi connectivity index (χ0n) is 15.9. The molecule has 1 amide bonds. The van der Waals surface area contributed by atoms with Crippen molar-refractivity contribution in [2.24, 2.45) is 0 Å². The molecule has 0 saturated heterocycles. The molecule has 0 spiro atoms. The van der Waals surface area contributed by atoms with Gasteiger partial charge in [0.2, 0.25) is 15.9 Å². The molecule has 0 aliphatic heterocycles. The van der Waals surface area contributed by atoms with Crippen molar-refractivity contribution in [3.8, 4) is 0 Å². The number of hydrogen-bond donors (Lipinski definition) is 1. The first kappa shape index (κ1) is 22.3. The number of rotatable bonds is 6. The van der Waals surface area contributed by atoms with E-state index in [1.807, 2.05) is 0 Å². The fourth-order valence-corrected chi connectivity index (χ4v) is 5.33. The van der Waals surface area contributed by atoms with Gasteiger partial charge < -0.3 is 5.32 Å². The quantitative estimate of drug-likeness (QED) is 0.700. The number of halogens is 2. The molecule has 2 rings (SSSR count). The van der Waals surface area contributed by atoms with Crippen LogP contribution >= 0.6 is 23.2 Å². The first-order chi connectivity index (χ1) is 12.7. The maximum atomic E-state index is 13.0. The number of sulfonamides is 1. The highest BCUT2D eigenvalue weighted by Crippen LogP contribution is 2.29. The molecule has 1 aliphatic rings. The topological polar surface area (TPSA) is 66.5 Å². The molecular weight excluding hydrogens is 407 g/mol. The van der Waals surface area contributed by atoms with Crippen LogP contribution < -0.4 is 9.62 Å². The van der Waals surface area contributed by atoms with Crippen molar-refractivity contribution in [3.05, 3.63) is 28.2 Å². The third-order valence-electron chi connectivity index (χ3n) is 4.88. The molecule has 0 unspecified atom stereocenters. The average molecular weight is 435 g/mol. The van der Waals surface area contributed by atoms with Crippen LogP contribution in [0.5, 0.6) is 0 Å². The molecule has 152 valence electrons. The van der Waals surface area contributed by atoms with E-state index in [1.54, 1.807) is 6.92 Å². The van der Waals surface area contributed by atoms with E-state index in [0.717, 1.165) is 36.2 Å². The molecule has 0 radical (unpaired) electrons. The number of anilines is 1. The smallest absolute Gasteiger partial charge is 0.244 e. The Balaban J connectivity index is 2.27. The Hall–Kier alpha value is -0.980. The number of amides is 1. The summed E-state index contributed by atoms with van der Waals surface area (Å²) in [6.07, 6.45) is 9.08. The lowest BCUT2D eigenvalue weighted by Gasteiger charge is -2.32. The lowest BCUT2D eigenvalue weighted by molar-refractivity contribution is -0.123. The second kappa shape index (κ2) is 9.99. The van der Waals surface area contributed by atoms with E-state index in [1.165, 1.54) is 37.5 Å². The summed E-state index contributed by atoms with van der Waals surface area (Å²) in [5.41, 5.74) is 0.301. The van der Waals surface area contributed by atoms with Crippen molar-refractivity contribution in [2.75, 3.05) is 10.6 Å². The van der Waals surface area contributed by atoms with Crippen LogP contribution in [0.25, 0.3) is 0 Å². The van der Waals surface area contributed by atoms with Gasteiger partial charge in [0, 0.05) is 16.1 Å². The Bertz CT molecular complexity index is 727. The minimum absolute atomic E-state index is 0.0937. The molecule has 1 aliphatic carbocycles. The summed E-state index contributed by atoms with van der Waals surface area (Å²) in [7, 11) is -3.71. The van der Waals surface area contributed by atoms with Crippen LogP contribution in [0.1, 0.15) is 58.3 Å². The minimum atomic E-state index is -3.71. The molecule has 1 saturated carbocycles. The van der Waals surface area contributed by atoms with Gasteiger partial charge in [0.25, 0.3) is 0 Å². The van der Waals surface area contributed by atoms with E-state index in [4.69, 9.17) is 23.2 Å². The summed E-state index contributed by atoms with van der Waals surface area (Å²) < 4.78 is 26.2. The van der Waals surface area contributed by atoms with Gasteiger partial charge in [-0.2, -0.15) is 0 Å². The van der Waals surface area contributed by atoms with Crippen LogP contribution in [0.4, 0.5) is 5.69 Å². The summed E-state index contributed by atoms with van der Waals surface area (Å²) in [5, 5.41) is 3.72. The van der Waals surface area contributed by atoms with Crippen LogP contribution in [0, 0.1) is 0 Å². The van der Waals surface area contributed by atoms with Gasteiger partial charge in [0.05, 0.1) is 11.9 Å². The Kier molecular flexibility index (Phi) is 8.25. The lowest BCUT2D eigenvalue weighted by atomic mass is 9.96. The van der Waals surface area contributed by atoms with Gasteiger partial charge in [-0.3, -0.25) is 9.10 Å². The van der Waals surface area contributed by atoms with Gasteiger partial charge in [-0.25, -0.2) is 8.42 Å². The monoisotopic (exact) mass is 434 g/mol. The van der Waals surface area contributed by atoms with Gasteiger partial charge in [-0.15, -0.1) is 0 Å². The van der Waals surface area contributed by atoms with E-state index in [9.17, 15) is 13.2 Å². The van der Waals surface area contributed by atoms with E-state index in [2.05, 4.69) is 5.32 Å². The molecular formula is C19H28Cl2N2O3S. The molecule has 0 bridgehead atoms. The number of carbonyl (C=O) groups is 1. The summed E-state index contributed by atoms with van der Waals surface area (Å²) in [6, 6.07) is 3.81. The summed E-state index contributed by atoms with van der Waals surface area (Å²) in [6.45, 7) is 1.80. The van der Waals surface area contributed by atoms with E-state index in [0.29, 0.717) is 22.2 Å². The van der Waals surface area contributed by atoms with Crippen LogP contribution in [0.15, 0.2) is 18.2 Å². The zero-order chi connectivity index (χ0) is 20.0. The molecule has 0 aromatic heterocycles. The first-order valence-corrected chi connectivity index (χ1v) is 12.1. The second-order valence-electron chi connectivity index (χ2n) is 7.16. The molecule has 8 heteroatoms. The van der Waals surface area contributed by atoms with Crippen LogP contribution in [0.3, 0.4) is 0 Å². The van der Waals surface area contributed by atoms with Gasteiger partial charge in [0.1, 0.15) is 6.04 Å².